The molecule has 0 aliphatic rings. The van der Waals surface area contributed by atoms with Gasteiger partial charge in [-0.15, -0.1) is 0 Å². The van der Waals surface area contributed by atoms with Gasteiger partial charge in [0.1, 0.15) is 11.6 Å². The predicted octanol–water partition coefficient (Wildman–Crippen LogP) is 4.17. The minimum atomic E-state index is -0.796. The molecule has 4 heteroatoms. The van der Waals surface area contributed by atoms with Crippen molar-refractivity contribution in [3.8, 4) is 0 Å². The zero-order chi connectivity index (χ0) is 13.1. The Morgan fingerprint density at radius 3 is 2.33 bits per heavy atom. The van der Waals surface area contributed by atoms with E-state index >= 15 is 0 Å². The Labute approximate surface area is 108 Å². The fourth-order valence-electron chi connectivity index (χ4n) is 1.60. The second kappa shape index (κ2) is 5.50. The first-order valence-corrected chi connectivity index (χ1v) is 6.30. The first-order chi connectivity index (χ1) is 8.59. The molecule has 2 rings (SSSR count). The minimum absolute atomic E-state index is 0.262. The summed E-state index contributed by atoms with van der Waals surface area (Å²) in [6.07, 6.45) is -0.796. The van der Waals surface area contributed by atoms with Crippen LogP contribution in [0.2, 0.25) is 0 Å². The highest BCUT2D eigenvalue weighted by molar-refractivity contribution is 7.99. The summed E-state index contributed by atoms with van der Waals surface area (Å²) in [5.74, 6) is -0.857. The summed E-state index contributed by atoms with van der Waals surface area (Å²) in [7, 11) is 0. The van der Waals surface area contributed by atoms with E-state index in [1.165, 1.54) is 18.2 Å². The van der Waals surface area contributed by atoms with Crippen LogP contribution < -0.4 is 0 Å². The molecule has 0 aliphatic carbocycles. The second-order valence-corrected chi connectivity index (χ2v) is 4.92. The van der Waals surface area contributed by atoms with Crippen molar-refractivity contribution >= 4 is 11.8 Å². The first kappa shape index (κ1) is 13.1. The van der Waals surface area contributed by atoms with E-state index in [1.807, 2.05) is 0 Å². The molecule has 0 radical (unpaired) electrons. The van der Waals surface area contributed by atoms with Crippen molar-refractivity contribution in [2.75, 3.05) is 0 Å². The zero-order valence-corrected chi connectivity index (χ0v) is 10.5. The summed E-state index contributed by atoms with van der Waals surface area (Å²) in [6, 6.07) is 10.6. The molecule has 0 saturated carbocycles. The fraction of sp³-hybridized carbons (Fsp3) is 0.143. The van der Waals surface area contributed by atoms with Crippen LogP contribution in [0.15, 0.2) is 52.3 Å². The van der Waals surface area contributed by atoms with Crippen LogP contribution in [0.1, 0.15) is 18.6 Å². The van der Waals surface area contributed by atoms with Gasteiger partial charge in [-0.05, 0) is 30.7 Å². The molecule has 0 bridgehead atoms. The molecule has 1 N–H and O–H groups in total. The van der Waals surface area contributed by atoms with Crippen LogP contribution in [0.25, 0.3) is 0 Å². The third kappa shape index (κ3) is 2.71. The predicted molar refractivity (Wildman–Crippen MR) is 67.6 cm³/mol. The van der Waals surface area contributed by atoms with Crippen molar-refractivity contribution in [1.29, 1.82) is 0 Å². The molecule has 1 atom stereocenters. The Morgan fingerprint density at radius 1 is 1.00 bits per heavy atom. The number of aliphatic hydroxyl groups is 1. The van der Waals surface area contributed by atoms with Crippen LogP contribution in [0.5, 0.6) is 0 Å². The van der Waals surface area contributed by atoms with Gasteiger partial charge in [0, 0.05) is 4.90 Å². The number of hydrogen-bond donors (Lipinski definition) is 1. The van der Waals surface area contributed by atoms with Gasteiger partial charge in [0.05, 0.1) is 11.0 Å². The van der Waals surface area contributed by atoms with Crippen molar-refractivity contribution in [1.82, 2.24) is 0 Å². The normalized spacial score (nSPS) is 12.4. The number of rotatable bonds is 3. The molecule has 18 heavy (non-hydrogen) atoms. The lowest BCUT2D eigenvalue weighted by molar-refractivity contribution is 0.195. The van der Waals surface area contributed by atoms with Gasteiger partial charge in [-0.25, -0.2) is 8.78 Å². The molecule has 0 saturated heterocycles. The van der Waals surface area contributed by atoms with E-state index in [4.69, 9.17) is 0 Å². The molecule has 1 nitrogen and oxygen atoms in total. The van der Waals surface area contributed by atoms with E-state index < -0.39 is 17.7 Å². The summed E-state index contributed by atoms with van der Waals surface area (Å²) in [6.45, 7) is 1.56. The lowest BCUT2D eigenvalue weighted by Gasteiger charge is -2.12. The standard InChI is InChI=1S/C14H12F2OS/c1-9(17)10-5-4-7-12(16)14(10)18-13-8-3-2-6-11(13)15/h2-9,17H,1H3/t9-/m1/s1. The van der Waals surface area contributed by atoms with Gasteiger partial charge in [-0.3, -0.25) is 0 Å². The monoisotopic (exact) mass is 266 g/mol. The summed E-state index contributed by atoms with van der Waals surface area (Å²) >= 11 is 0.986. The molecular formula is C14H12F2OS. The minimum Gasteiger partial charge on any atom is -0.389 e. The van der Waals surface area contributed by atoms with Gasteiger partial charge in [-0.1, -0.05) is 36.0 Å². The molecule has 0 fully saturated rings. The Morgan fingerprint density at radius 2 is 1.67 bits per heavy atom. The van der Waals surface area contributed by atoms with Crippen molar-refractivity contribution in [2.45, 2.75) is 22.8 Å². The maximum absolute atomic E-state index is 13.8. The summed E-state index contributed by atoms with van der Waals surface area (Å²) in [4.78, 5) is 0.599. The van der Waals surface area contributed by atoms with Gasteiger partial charge >= 0.3 is 0 Å². The quantitative estimate of drug-likeness (QED) is 0.899. The van der Waals surface area contributed by atoms with E-state index in [1.54, 1.807) is 31.2 Å². The average molecular weight is 266 g/mol. The smallest absolute Gasteiger partial charge is 0.137 e. The van der Waals surface area contributed by atoms with Crippen molar-refractivity contribution in [2.24, 2.45) is 0 Å². The third-order valence-electron chi connectivity index (χ3n) is 2.50. The van der Waals surface area contributed by atoms with Gasteiger partial charge < -0.3 is 5.11 Å². The molecule has 0 amide bonds. The molecule has 0 unspecified atom stereocenters. The average Bonchev–Trinajstić information content (AvgIpc) is 2.34. The summed E-state index contributed by atoms with van der Waals surface area (Å²) < 4.78 is 27.3. The van der Waals surface area contributed by atoms with E-state index in [0.29, 0.717) is 10.5 Å². The lowest BCUT2D eigenvalue weighted by Crippen LogP contribution is -1.96. The van der Waals surface area contributed by atoms with Crippen molar-refractivity contribution in [3.05, 3.63) is 59.7 Å². The maximum Gasteiger partial charge on any atom is 0.137 e. The van der Waals surface area contributed by atoms with Crippen molar-refractivity contribution in [3.63, 3.8) is 0 Å². The van der Waals surface area contributed by atoms with Gasteiger partial charge in [-0.2, -0.15) is 0 Å². The Balaban J connectivity index is 2.43. The van der Waals surface area contributed by atoms with Gasteiger partial charge in [0.2, 0.25) is 0 Å². The summed E-state index contributed by atoms with van der Waals surface area (Å²) in [5.41, 5.74) is 0.461. The van der Waals surface area contributed by atoms with Gasteiger partial charge in [0.15, 0.2) is 0 Å². The zero-order valence-electron chi connectivity index (χ0n) is 9.73. The summed E-state index contributed by atoms with van der Waals surface area (Å²) in [5, 5.41) is 9.60. The van der Waals surface area contributed by atoms with Crippen LogP contribution >= 0.6 is 11.8 Å². The van der Waals surface area contributed by atoms with E-state index in [2.05, 4.69) is 0 Å². The van der Waals surface area contributed by atoms with Crippen LogP contribution in [-0.2, 0) is 0 Å². The highest BCUT2D eigenvalue weighted by Gasteiger charge is 2.15. The van der Waals surface area contributed by atoms with E-state index in [0.717, 1.165) is 11.8 Å². The Hall–Kier alpha value is -1.39. The second-order valence-electron chi connectivity index (χ2n) is 3.87. The van der Waals surface area contributed by atoms with E-state index in [-0.39, 0.29) is 4.90 Å². The highest BCUT2D eigenvalue weighted by Crippen LogP contribution is 2.36. The van der Waals surface area contributed by atoms with Crippen molar-refractivity contribution < 1.29 is 13.9 Å². The fourth-order valence-corrected chi connectivity index (χ4v) is 2.65. The van der Waals surface area contributed by atoms with Crippen LogP contribution in [0, 0.1) is 11.6 Å². The molecule has 94 valence electrons. The topological polar surface area (TPSA) is 20.2 Å². The lowest BCUT2D eigenvalue weighted by atomic mass is 10.1. The SMILES string of the molecule is C[C@@H](O)c1cccc(F)c1Sc1ccccc1F. The number of benzene rings is 2. The number of halogens is 2. The van der Waals surface area contributed by atoms with Crippen LogP contribution in [0.4, 0.5) is 8.78 Å². The molecule has 0 spiro atoms. The molecular weight excluding hydrogens is 254 g/mol. The van der Waals surface area contributed by atoms with E-state index in [9.17, 15) is 13.9 Å². The first-order valence-electron chi connectivity index (χ1n) is 5.48. The molecule has 2 aromatic carbocycles. The third-order valence-corrected chi connectivity index (χ3v) is 3.68. The van der Waals surface area contributed by atoms with Crippen LogP contribution in [-0.4, -0.2) is 5.11 Å². The number of aliphatic hydroxyl groups excluding tert-OH is 1. The highest BCUT2D eigenvalue weighted by atomic mass is 32.2. The molecule has 0 aliphatic heterocycles. The molecule has 0 heterocycles. The molecule has 0 aromatic heterocycles. The number of hydrogen-bond acceptors (Lipinski definition) is 2. The Kier molecular flexibility index (Phi) is 3.99. The molecule has 2 aromatic rings. The largest absolute Gasteiger partial charge is 0.389 e. The maximum atomic E-state index is 13.8. The van der Waals surface area contributed by atoms with Crippen LogP contribution in [0.3, 0.4) is 0 Å². The Bertz CT molecular complexity index is 555. The van der Waals surface area contributed by atoms with Gasteiger partial charge in [0.25, 0.3) is 0 Å².